The van der Waals surface area contributed by atoms with Gasteiger partial charge >= 0.3 is 0 Å². The fourth-order valence-corrected chi connectivity index (χ4v) is 4.23. The molecule has 0 radical (unpaired) electrons. The summed E-state index contributed by atoms with van der Waals surface area (Å²) >= 11 is 0. The number of amides is 2. The molecule has 1 fully saturated rings. The largest absolute Gasteiger partial charge is 0.501 e. The van der Waals surface area contributed by atoms with Crippen LogP contribution >= 0.6 is 0 Å². The Morgan fingerprint density at radius 2 is 2.03 bits per heavy atom. The van der Waals surface area contributed by atoms with E-state index in [0.29, 0.717) is 36.4 Å². The van der Waals surface area contributed by atoms with E-state index >= 15 is 0 Å². The third kappa shape index (κ3) is 4.69. The molecule has 4 rings (SSSR count). The van der Waals surface area contributed by atoms with Crippen LogP contribution in [0.5, 0.6) is 17.2 Å². The highest BCUT2D eigenvalue weighted by molar-refractivity contribution is 5.95. The summed E-state index contributed by atoms with van der Waals surface area (Å²) in [5, 5.41) is 18.0. The maximum atomic E-state index is 13.3. The van der Waals surface area contributed by atoms with Crippen LogP contribution in [0.2, 0.25) is 0 Å². The Bertz CT molecular complexity index is 1330. The number of H-pyrrole nitrogens is 1. The lowest BCUT2D eigenvalue weighted by Crippen LogP contribution is -2.34. The number of hydrogen-bond acceptors (Lipinski definition) is 9. The van der Waals surface area contributed by atoms with Gasteiger partial charge < -0.3 is 29.4 Å². The minimum atomic E-state index is -0.866. The molecule has 12 nitrogen and oxygen atoms in total. The number of hydrogen-bond donors (Lipinski definition) is 2. The molecule has 1 saturated heterocycles. The molecule has 0 saturated carbocycles. The zero-order valence-electron chi connectivity index (χ0n) is 20.1. The van der Waals surface area contributed by atoms with Crippen LogP contribution in [-0.2, 0) is 6.54 Å². The number of rotatable bonds is 7. The van der Waals surface area contributed by atoms with E-state index in [4.69, 9.17) is 9.47 Å². The highest BCUT2D eigenvalue weighted by Gasteiger charge is 2.34. The highest BCUT2D eigenvalue weighted by Crippen LogP contribution is 2.33. The smallest absolute Gasteiger partial charge is 0.294 e. The van der Waals surface area contributed by atoms with Gasteiger partial charge in [-0.1, -0.05) is 12.1 Å². The SMILES string of the molecule is COc1cccc(CN(C)C(=O)c2nc(C3CCCN3C(=O)c3cccnn3)[nH]c(=O)c2O)c1OC. The van der Waals surface area contributed by atoms with Gasteiger partial charge in [0.05, 0.1) is 20.3 Å². The summed E-state index contributed by atoms with van der Waals surface area (Å²) in [5.74, 6) is -0.746. The molecule has 1 atom stereocenters. The number of nitrogens with zero attached hydrogens (tertiary/aromatic N) is 5. The van der Waals surface area contributed by atoms with Gasteiger partial charge in [0.25, 0.3) is 17.4 Å². The van der Waals surface area contributed by atoms with Crippen molar-refractivity contribution in [3.63, 3.8) is 0 Å². The van der Waals surface area contributed by atoms with Gasteiger partial charge in [-0.25, -0.2) is 4.98 Å². The molecule has 0 spiro atoms. The molecule has 1 aliphatic heterocycles. The monoisotopic (exact) mass is 494 g/mol. The molecule has 12 heteroatoms. The topological polar surface area (TPSA) is 151 Å². The molecule has 0 bridgehead atoms. The van der Waals surface area contributed by atoms with Crippen molar-refractivity contribution in [1.29, 1.82) is 0 Å². The normalized spacial score (nSPS) is 15.0. The summed E-state index contributed by atoms with van der Waals surface area (Å²) in [7, 11) is 4.52. The van der Waals surface area contributed by atoms with Crippen molar-refractivity contribution in [3.8, 4) is 17.2 Å². The molecule has 2 N–H and O–H groups in total. The Morgan fingerprint density at radius 3 is 2.72 bits per heavy atom. The first-order valence-electron chi connectivity index (χ1n) is 11.2. The van der Waals surface area contributed by atoms with E-state index < -0.39 is 29.0 Å². The minimum Gasteiger partial charge on any atom is -0.501 e. The Labute approximate surface area is 206 Å². The van der Waals surface area contributed by atoms with E-state index in [1.807, 2.05) is 0 Å². The minimum absolute atomic E-state index is 0.100. The van der Waals surface area contributed by atoms with Crippen molar-refractivity contribution in [1.82, 2.24) is 30.0 Å². The summed E-state index contributed by atoms with van der Waals surface area (Å²) in [6, 6.07) is 7.83. The zero-order chi connectivity index (χ0) is 25.8. The van der Waals surface area contributed by atoms with Gasteiger partial charge in [-0.05, 0) is 31.0 Å². The second kappa shape index (κ2) is 10.4. The van der Waals surface area contributed by atoms with E-state index in [1.165, 1.54) is 37.3 Å². The number of methoxy groups -OCH3 is 2. The molecule has 36 heavy (non-hydrogen) atoms. The van der Waals surface area contributed by atoms with Gasteiger partial charge in [0.15, 0.2) is 22.9 Å². The third-order valence-electron chi connectivity index (χ3n) is 5.98. The number of ether oxygens (including phenoxy) is 2. The number of likely N-dealkylation sites (tertiary alicyclic amines) is 1. The van der Waals surface area contributed by atoms with Crippen LogP contribution in [0.3, 0.4) is 0 Å². The Balaban J connectivity index is 1.62. The number of aromatic amines is 1. The summed E-state index contributed by atoms with van der Waals surface area (Å²) in [4.78, 5) is 48.4. The van der Waals surface area contributed by atoms with Crippen molar-refractivity contribution in [2.75, 3.05) is 27.8 Å². The molecule has 3 aromatic rings. The van der Waals surface area contributed by atoms with Crippen LogP contribution in [0.25, 0.3) is 0 Å². The predicted octanol–water partition coefficient (Wildman–Crippen LogP) is 1.53. The van der Waals surface area contributed by atoms with E-state index in [2.05, 4.69) is 20.2 Å². The van der Waals surface area contributed by atoms with Crippen molar-refractivity contribution >= 4 is 11.8 Å². The average Bonchev–Trinajstić information content (AvgIpc) is 3.39. The molecule has 3 heterocycles. The molecule has 0 aliphatic carbocycles. The summed E-state index contributed by atoms with van der Waals surface area (Å²) in [5.41, 5.74) is -0.450. The van der Waals surface area contributed by atoms with Gasteiger partial charge in [-0.2, -0.15) is 5.10 Å². The van der Waals surface area contributed by atoms with E-state index in [1.54, 1.807) is 30.3 Å². The van der Waals surface area contributed by atoms with Gasteiger partial charge in [-0.3, -0.25) is 14.4 Å². The lowest BCUT2D eigenvalue weighted by atomic mass is 10.1. The second-order valence-corrected chi connectivity index (χ2v) is 8.23. The van der Waals surface area contributed by atoms with Gasteiger partial charge in [0.2, 0.25) is 5.75 Å². The molecule has 188 valence electrons. The van der Waals surface area contributed by atoms with E-state index in [0.717, 1.165) is 0 Å². The quantitative estimate of drug-likeness (QED) is 0.498. The van der Waals surface area contributed by atoms with Crippen molar-refractivity contribution in [2.45, 2.75) is 25.4 Å². The lowest BCUT2D eigenvalue weighted by Gasteiger charge is -2.24. The van der Waals surface area contributed by atoms with Crippen LogP contribution in [0.1, 0.15) is 51.2 Å². The van der Waals surface area contributed by atoms with Crippen LogP contribution in [-0.4, -0.2) is 74.7 Å². The van der Waals surface area contributed by atoms with Gasteiger partial charge in [-0.15, -0.1) is 5.10 Å². The number of aromatic nitrogens is 4. The maximum Gasteiger partial charge on any atom is 0.294 e. The number of nitrogens with one attached hydrogen (secondary N) is 1. The Kier molecular flexibility index (Phi) is 7.13. The standard InChI is InChI=1S/C24H26N6O6/c1-29(13-14-7-4-10-17(35-2)20(14)36-3)24(34)18-19(31)22(32)27-21(26-18)16-9-6-12-30(16)23(33)15-8-5-11-25-28-15/h4-5,7-8,10-11,16,31H,6,9,12-13H2,1-3H3,(H,26,27,32). The first-order valence-corrected chi connectivity index (χ1v) is 11.2. The van der Waals surface area contributed by atoms with E-state index in [9.17, 15) is 19.5 Å². The van der Waals surface area contributed by atoms with Gasteiger partial charge in [0.1, 0.15) is 5.82 Å². The summed E-state index contributed by atoms with van der Waals surface area (Å²) in [6.45, 7) is 0.520. The predicted molar refractivity (Wildman–Crippen MR) is 127 cm³/mol. The molecule has 1 aliphatic rings. The fourth-order valence-electron chi connectivity index (χ4n) is 4.23. The van der Waals surface area contributed by atoms with Crippen LogP contribution < -0.4 is 15.0 Å². The Hall–Kier alpha value is -4.48. The summed E-state index contributed by atoms with van der Waals surface area (Å²) in [6.07, 6.45) is 2.65. The first-order chi connectivity index (χ1) is 17.3. The number of carbonyl (C=O) groups is 2. The zero-order valence-corrected chi connectivity index (χ0v) is 20.1. The van der Waals surface area contributed by atoms with Crippen molar-refractivity contribution < 1.29 is 24.2 Å². The maximum absolute atomic E-state index is 13.3. The van der Waals surface area contributed by atoms with Crippen LogP contribution in [0.4, 0.5) is 0 Å². The molecule has 2 amide bonds. The number of carbonyl (C=O) groups excluding carboxylic acids is 2. The molecule has 1 aromatic carbocycles. The van der Waals surface area contributed by atoms with Crippen LogP contribution in [0, 0.1) is 0 Å². The van der Waals surface area contributed by atoms with Crippen LogP contribution in [0.15, 0.2) is 41.3 Å². The van der Waals surface area contributed by atoms with Crippen molar-refractivity contribution in [2.24, 2.45) is 0 Å². The molecule has 2 aromatic heterocycles. The van der Waals surface area contributed by atoms with Crippen molar-refractivity contribution in [3.05, 3.63) is 69.7 Å². The number of para-hydroxylation sites is 1. The number of aromatic hydroxyl groups is 1. The number of benzene rings is 1. The fraction of sp³-hybridized carbons (Fsp3) is 0.333. The summed E-state index contributed by atoms with van der Waals surface area (Å²) < 4.78 is 10.7. The molecular formula is C24H26N6O6. The van der Waals surface area contributed by atoms with Gasteiger partial charge in [0, 0.05) is 31.9 Å². The molecule has 1 unspecified atom stereocenters. The first kappa shape index (κ1) is 24.6. The third-order valence-corrected chi connectivity index (χ3v) is 5.98. The van der Waals surface area contributed by atoms with E-state index in [-0.39, 0.29) is 24.0 Å². The average molecular weight is 495 g/mol. The second-order valence-electron chi connectivity index (χ2n) is 8.23. The highest BCUT2D eigenvalue weighted by atomic mass is 16.5. The lowest BCUT2D eigenvalue weighted by molar-refractivity contribution is 0.0722. The molecular weight excluding hydrogens is 468 g/mol. The Morgan fingerprint density at radius 1 is 1.22 bits per heavy atom.